The van der Waals surface area contributed by atoms with Gasteiger partial charge in [-0.1, -0.05) is 13.8 Å². The van der Waals surface area contributed by atoms with Gasteiger partial charge in [0.25, 0.3) is 5.56 Å². The van der Waals surface area contributed by atoms with Gasteiger partial charge < -0.3 is 14.5 Å². The van der Waals surface area contributed by atoms with Crippen molar-refractivity contribution in [1.82, 2.24) is 24.0 Å². The van der Waals surface area contributed by atoms with E-state index in [1.165, 1.54) is 9.13 Å². The summed E-state index contributed by atoms with van der Waals surface area (Å²) in [7, 11) is 0. The summed E-state index contributed by atoms with van der Waals surface area (Å²) < 4.78 is 12.9. The van der Waals surface area contributed by atoms with Crippen LogP contribution in [0.15, 0.2) is 33.9 Å². The van der Waals surface area contributed by atoms with Crippen molar-refractivity contribution in [3.05, 3.63) is 45.1 Å². The number of imide groups is 3. The molecule has 184 valence electrons. The second-order valence-corrected chi connectivity index (χ2v) is 7.99. The monoisotopic (exact) mass is 483 g/mol. The molecule has 1 aliphatic heterocycles. The molecule has 0 atom stereocenters. The molecule has 1 aliphatic rings. The topological polar surface area (TPSA) is 146 Å². The maximum atomic E-state index is 12.9. The van der Waals surface area contributed by atoms with E-state index in [0.29, 0.717) is 53.6 Å². The fourth-order valence-electron chi connectivity index (χ4n) is 3.85. The summed E-state index contributed by atoms with van der Waals surface area (Å²) in [5.41, 5.74) is 0.438. The molecule has 1 N–H and O–H groups in total. The molecule has 1 saturated heterocycles. The van der Waals surface area contributed by atoms with Crippen molar-refractivity contribution in [3.8, 4) is 17.1 Å². The number of hydrogen-bond donors (Lipinski definition) is 1. The predicted octanol–water partition coefficient (Wildman–Crippen LogP) is 2.00. The molecule has 35 heavy (non-hydrogen) atoms. The molecule has 3 heterocycles. The number of aryl methyl sites for hydroxylation is 1. The minimum absolute atomic E-state index is 0.0148. The van der Waals surface area contributed by atoms with Crippen LogP contribution >= 0.6 is 0 Å². The second kappa shape index (κ2) is 9.95. The lowest BCUT2D eigenvalue weighted by Gasteiger charge is -2.12. The summed E-state index contributed by atoms with van der Waals surface area (Å²) in [6.45, 7) is 4.11. The van der Waals surface area contributed by atoms with Crippen molar-refractivity contribution in [1.29, 1.82) is 0 Å². The fourth-order valence-corrected chi connectivity index (χ4v) is 3.85. The van der Waals surface area contributed by atoms with Crippen LogP contribution in [0.5, 0.6) is 5.75 Å². The molecule has 1 fully saturated rings. The van der Waals surface area contributed by atoms with Crippen LogP contribution < -0.4 is 16.0 Å². The number of nitrogens with one attached hydrogen (secondary N) is 1. The van der Waals surface area contributed by atoms with Gasteiger partial charge in [-0.2, -0.15) is 4.90 Å². The highest BCUT2D eigenvalue weighted by Gasteiger charge is 2.35. The van der Waals surface area contributed by atoms with Gasteiger partial charge in [0.05, 0.1) is 0 Å². The Morgan fingerprint density at radius 2 is 1.60 bits per heavy atom. The lowest BCUT2D eigenvalue weighted by molar-refractivity contribution is -0.136. The van der Waals surface area contributed by atoms with Gasteiger partial charge in [0, 0.05) is 31.5 Å². The molecule has 0 radical (unpaired) electrons. The normalized spacial score (nSPS) is 13.6. The molecule has 0 unspecified atom stereocenters. The van der Waals surface area contributed by atoms with Gasteiger partial charge in [-0.15, -0.1) is 0 Å². The van der Waals surface area contributed by atoms with Gasteiger partial charge >= 0.3 is 11.8 Å². The van der Waals surface area contributed by atoms with Gasteiger partial charge in [0.15, 0.2) is 5.65 Å². The third kappa shape index (κ3) is 4.59. The Labute approximate surface area is 199 Å². The van der Waals surface area contributed by atoms with Crippen LogP contribution in [-0.2, 0) is 27.4 Å². The van der Waals surface area contributed by atoms with Crippen LogP contribution in [0.4, 0.5) is 4.79 Å². The number of amides is 3. The first-order valence-electron chi connectivity index (χ1n) is 11.3. The average molecular weight is 483 g/mol. The smallest absolute Gasteiger partial charge is 0.426 e. The number of ether oxygens (including phenoxy) is 2. The molecule has 1 aromatic carbocycles. The second-order valence-electron chi connectivity index (χ2n) is 7.99. The fraction of sp³-hybridized carbons (Fsp3) is 0.391. The highest BCUT2D eigenvalue weighted by molar-refractivity contribution is 6.13. The van der Waals surface area contributed by atoms with E-state index in [0.717, 1.165) is 0 Å². The first kappa shape index (κ1) is 23.9. The Morgan fingerprint density at radius 1 is 0.971 bits per heavy atom. The number of aromatic nitrogens is 4. The van der Waals surface area contributed by atoms with Crippen LogP contribution in [0.25, 0.3) is 22.6 Å². The predicted molar refractivity (Wildman–Crippen MR) is 124 cm³/mol. The molecule has 2 aromatic heterocycles. The van der Waals surface area contributed by atoms with Crippen LogP contribution in [-0.4, -0.2) is 48.7 Å². The average Bonchev–Trinajstić information content (AvgIpc) is 3.43. The summed E-state index contributed by atoms with van der Waals surface area (Å²) in [4.78, 5) is 68.7. The van der Waals surface area contributed by atoms with Crippen molar-refractivity contribution in [3.63, 3.8) is 0 Å². The number of H-pyrrole nitrogens is 1. The SMILES string of the molecule is CCCn1c(=O)c2[nH]c(-c3ccc(OCOC(=O)N4C(=O)CCC4=O)cc3)nc2n(CCC)c1=O. The van der Waals surface area contributed by atoms with Gasteiger partial charge in [0.1, 0.15) is 17.1 Å². The Hall–Kier alpha value is -4.22. The zero-order chi connectivity index (χ0) is 25.1. The number of fused-ring (bicyclic) bond motifs is 1. The lowest BCUT2D eigenvalue weighted by Crippen LogP contribution is -2.40. The molecule has 0 aliphatic carbocycles. The number of imidazole rings is 1. The largest absolute Gasteiger partial charge is 0.457 e. The minimum Gasteiger partial charge on any atom is -0.457 e. The highest BCUT2D eigenvalue weighted by Crippen LogP contribution is 2.22. The minimum atomic E-state index is -1.07. The van der Waals surface area contributed by atoms with E-state index < -0.39 is 30.3 Å². The number of aromatic amines is 1. The van der Waals surface area contributed by atoms with Crippen LogP contribution in [0.3, 0.4) is 0 Å². The van der Waals surface area contributed by atoms with Crippen molar-refractivity contribution in [2.24, 2.45) is 0 Å². The summed E-state index contributed by atoms with van der Waals surface area (Å²) in [6, 6.07) is 6.60. The molecule has 12 nitrogen and oxygen atoms in total. The number of benzene rings is 1. The van der Waals surface area contributed by atoms with Gasteiger partial charge in [0.2, 0.25) is 18.6 Å². The molecule has 0 spiro atoms. The standard InChI is InChI=1S/C23H25N5O7/c1-3-11-26-20-18(21(31)27(12-4-2)22(26)32)24-19(25-20)14-5-7-15(8-6-14)34-13-35-23(33)28-16(29)9-10-17(28)30/h5-8H,3-4,9-13H2,1-2H3,(H,24,25). The number of carbonyl (C=O) groups excluding carboxylic acids is 3. The van der Waals surface area contributed by atoms with Gasteiger partial charge in [-0.05, 0) is 37.1 Å². The van der Waals surface area contributed by atoms with Crippen molar-refractivity contribution >= 4 is 29.1 Å². The molecule has 4 rings (SSSR count). The third-order valence-electron chi connectivity index (χ3n) is 5.53. The summed E-state index contributed by atoms with van der Waals surface area (Å²) >= 11 is 0. The zero-order valence-corrected chi connectivity index (χ0v) is 19.4. The van der Waals surface area contributed by atoms with E-state index in [-0.39, 0.29) is 24.0 Å². The summed E-state index contributed by atoms with van der Waals surface area (Å²) in [5, 5.41) is 0. The van der Waals surface area contributed by atoms with E-state index in [1.807, 2.05) is 13.8 Å². The Morgan fingerprint density at radius 3 is 2.23 bits per heavy atom. The number of likely N-dealkylation sites (tertiary alicyclic amines) is 1. The quantitative estimate of drug-likeness (QED) is 0.378. The van der Waals surface area contributed by atoms with Crippen molar-refractivity contribution in [2.45, 2.75) is 52.6 Å². The maximum Gasteiger partial charge on any atom is 0.426 e. The maximum absolute atomic E-state index is 12.9. The summed E-state index contributed by atoms with van der Waals surface area (Å²) in [6.07, 6.45) is 0.258. The van der Waals surface area contributed by atoms with Crippen molar-refractivity contribution < 1.29 is 23.9 Å². The number of nitrogens with zero attached hydrogens (tertiary/aromatic N) is 4. The van der Waals surface area contributed by atoms with E-state index in [2.05, 4.69) is 9.97 Å². The van der Waals surface area contributed by atoms with E-state index in [1.54, 1.807) is 24.3 Å². The van der Waals surface area contributed by atoms with E-state index >= 15 is 0 Å². The molecular formula is C23H25N5O7. The third-order valence-corrected chi connectivity index (χ3v) is 5.53. The van der Waals surface area contributed by atoms with E-state index in [4.69, 9.17) is 9.47 Å². The molecule has 0 bridgehead atoms. The zero-order valence-electron chi connectivity index (χ0n) is 19.4. The van der Waals surface area contributed by atoms with Crippen molar-refractivity contribution in [2.75, 3.05) is 6.79 Å². The Bertz CT molecular complexity index is 1380. The molecule has 0 saturated carbocycles. The number of rotatable bonds is 8. The van der Waals surface area contributed by atoms with Crippen LogP contribution in [0.2, 0.25) is 0 Å². The van der Waals surface area contributed by atoms with Gasteiger partial charge in [-0.3, -0.25) is 23.5 Å². The summed E-state index contributed by atoms with van der Waals surface area (Å²) in [5.74, 6) is -0.411. The van der Waals surface area contributed by atoms with Gasteiger partial charge in [-0.25, -0.2) is 14.6 Å². The van der Waals surface area contributed by atoms with E-state index in [9.17, 15) is 24.0 Å². The molecule has 3 aromatic rings. The van der Waals surface area contributed by atoms with Crippen LogP contribution in [0.1, 0.15) is 39.5 Å². The molecule has 12 heteroatoms. The number of hydrogen-bond acceptors (Lipinski definition) is 8. The highest BCUT2D eigenvalue weighted by atomic mass is 16.7. The number of carbonyl (C=O) groups is 3. The Kier molecular flexibility index (Phi) is 6.80. The first-order chi connectivity index (χ1) is 16.8. The first-order valence-corrected chi connectivity index (χ1v) is 11.3. The lowest BCUT2D eigenvalue weighted by atomic mass is 10.2. The van der Waals surface area contributed by atoms with Crippen LogP contribution in [0, 0.1) is 0 Å². The Balaban J connectivity index is 1.51. The molecular weight excluding hydrogens is 458 g/mol. The molecule has 3 amide bonds.